The van der Waals surface area contributed by atoms with E-state index >= 15 is 0 Å². The van der Waals surface area contributed by atoms with Gasteiger partial charge in [0.15, 0.2) is 0 Å². The smallest absolute Gasteiger partial charge is 0.310 e. The monoisotopic (exact) mass is 364 g/mol. The Morgan fingerprint density at radius 3 is 2.81 bits per heavy atom. The minimum Gasteiger partial charge on any atom is -0.460 e. The lowest BCUT2D eigenvalue weighted by atomic mass is 9.97. The van der Waals surface area contributed by atoms with Crippen LogP contribution in [0.1, 0.15) is 34.7 Å². The van der Waals surface area contributed by atoms with Crippen LogP contribution in [0.3, 0.4) is 0 Å². The number of nitrogens with zero attached hydrogens (tertiary/aromatic N) is 2. The van der Waals surface area contributed by atoms with Crippen LogP contribution in [0.5, 0.6) is 0 Å². The molecule has 0 radical (unpaired) electrons. The van der Waals surface area contributed by atoms with Gasteiger partial charge in [0, 0.05) is 17.0 Å². The fourth-order valence-corrected chi connectivity index (χ4v) is 4.23. The molecule has 0 bridgehead atoms. The van der Waals surface area contributed by atoms with Crippen LogP contribution in [0.4, 0.5) is 4.39 Å². The maximum absolute atomic E-state index is 14.3. The maximum atomic E-state index is 14.3. The Labute approximate surface area is 154 Å². The molecule has 136 valence electrons. The highest BCUT2D eigenvalue weighted by Crippen LogP contribution is 2.35. The van der Waals surface area contributed by atoms with E-state index in [0.29, 0.717) is 46.6 Å². The first-order valence-corrected chi connectivity index (χ1v) is 9.01. The third kappa shape index (κ3) is 2.19. The zero-order valence-corrected chi connectivity index (χ0v) is 15.1. The third-order valence-corrected chi connectivity index (χ3v) is 5.66. The molecule has 0 spiro atoms. The van der Waals surface area contributed by atoms with Gasteiger partial charge in [-0.15, -0.1) is 0 Å². The van der Waals surface area contributed by atoms with E-state index in [1.807, 2.05) is 19.1 Å². The Morgan fingerprint density at radius 2 is 2.04 bits per heavy atom. The predicted octanol–water partition coefficient (Wildman–Crippen LogP) is 3.03. The Bertz CT molecular complexity index is 1230. The van der Waals surface area contributed by atoms with Gasteiger partial charge in [-0.05, 0) is 42.2 Å². The fourth-order valence-electron chi connectivity index (χ4n) is 4.23. The second-order valence-electron chi connectivity index (χ2n) is 7.14. The first-order valence-electron chi connectivity index (χ1n) is 9.01. The lowest BCUT2D eigenvalue weighted by Gasteiger charge is -2.17. The molecule has 0 atom stereocenters. The van der Waals surface area contributed by atoms with Gasteiger partial charge in [-0.3, -0.25) is 9.59 Å². The van der Waals surface area contributed by atoms with E-state index in [0.717, 1.165) is 16.5 Å². The molecule has 5 nitrogen and oxygen atoms in total. The van der Waals surface area contributed by atoms with Crippen LogP contribution in [0, 0.1) is 12.7 Å². The van der Waals surface area contributed by atoms with Gasteiger partial charge in [-0.25, -0.2) is 9.37 Å². The Kier molecular flexibility index (Phi) is 3.29. The zero-order valence-electron chi connectivity index (χ0n) is 15.1. The van der Waals surface area contributed by atoms with E-state index < -0.39 is 0 Å². The van der Waals surface area contributed by atoms with Crippen LogP contribution in [-0.2, 0) is 35.5 Å². The van der Waals surface area contributed by atoms with E-state index in [9.17, 15) is 14.0 Å². The minimum absolute atomic E-state index is 0.0173. The average molecular weight is 364 g/mol. The van der Waals surface area contributed by atoms with Crippen molar-refractivity contribution in [1.82, 2.24) is 9.55 Å². The number of aryl methyl sites for hydroxylation is 1. The van der Waals surface area contributed by atoms with Crippen molar-refractivity contribution in [1.29, 1.82) is 0 Å². The molecular weight excluding hydrogens is 347 g/mol. The van der Waals surface area contributed by atoms with Gasteiger partial charge < -0.3 is 9.30 Å². The number of aromatic nitrogens is 2. The Balaban J connectivity index is 1.78. The number of esters is 1. The largest absolute Gasteiger partial charge is 0.460 e. The van der Waals surface area contributed by atoms with Crippen molar-refractivity contribution < 1.29 is 13.9 Å². The zero-order chi connectivity index (χ0) is 18.9. The number of cyclic esters (lactones) is 1. The lowest BCUT2D eigenvalue weighted by Crippen LogP contribution is -2.29. The van der Waals surface area contributed by atoms with Crippen LogP contribution in [0.15, 0.2) is 23.0 Å². The standard InChI is InChI=1S/C21H17FN2O3/c1-3-13-10(2)16(22)7-17-14(13)4-12-8-24-18(20(12)23-17)5-11-6-19(25)27-9-15(11)21(24)26/h4-5,7H,3,6,8-9H2,1-2H3. The molecule has 2 aliphatic rings. The van der Waals surface area contributed by atoms with Crippen LogP contribution < -0.4 is 5.56 Å². The highest BCUT2D eigenvalue weighted by molar-refractivity contribution is 5.88. The van der Waals surface area contributed by atoms with Crippen LogP contribution in [0.25, 0.3) is 22.3 Å². The van der Waals surface area contributed by atoms with Crippen molar-refractivity contribution in [3.05, 3.63) is 62.2 Å². The molecule has 4 heterocycles. The molecule has 0 saturated heterocycles. The summed E-state index contributed by atoms with van der Waals surface area (Å²) < 4.78 is 21.0. The number of pyridine rings is 2. The SMILES string of the molecule is CCc1c(C)c(F)cc2nc3c(cc12)Cn1c-3cc2c(c1=O)COC(=O)C2. The van der Waals surface area contributed by atoms with Gasteiger partial charge in [-0.2, -0.15) is 0 Å². The second-order valence-corrected chi connectivity index (χ2v) is 7.14. The van der Waals surface area contributed by atoms with Crippen molar-refractivity contribution in [2.75, 3.05) is 0 Å². The van der Waals surface area contributed by atoms with E-state index in [-0.39, 0.29) is 30.4 Å². The van der Waals surface area contributed by atoms with Crippen molar-refractivity contribution in [2.24, 2.45) is 0 Å². The number of rotatable bonds is 1. The van der Waals surface area contributed by atoms with Crippen LogP contribution >= 0.6 is 0 Å². The van der Waals surface area contributed by atoms with E-state index in [1.165, 1.54) is 6.07 Å². The quantitative estimate of drug-likeness (QED) is 0.487. The van der Waals surface area contributed by atoms with Gasteiger partial charge in [0.05, 0.1) is 35.4 Å². The van der Waals surface area contributed by atoms with Crippen molar-refractivity contribution in [2.45, 2.75) is 39.8 Å². The highest BCUT2D eigenvalue weighted by atomic mass is 19.1. The number of hydrogen-bond donors (Lipinski definition) is 0. The molecule has 0 fully saturated rings. The first kappa shape index (κ1) is 16.2. The summed E-state index contributed by atoms with van der Waals surface area (Å²) in [6.45, 7) is 4.22. The molecule has 0 unspecified atom stereocenters. The van der Waals surface area contributed by atoms with Gasteiger partial charge in [0.25, 0.3) is 5.56 Å². The van der Waals surface area contributed by atoms with Gasteiger partial charge in [0.2, 0.25) is 0 Å². The average Bonchev–Trinajstić information content (AvgIpc) is 2.99. The molecule has 2 aromatic heterocycles. The normalized spacial score (nSPS) is 14.7. The topological polar surface area (TPSA) is 61.2 Å². The molecular formula is C21H17FN2O3. The van der Waals surface area contributed by atoms with Crippen molar-refractivity contribution >= 4 is 16.9 Å². The number of halogens is 1. The predicted molar refractivity (Wildman–Crippen MR) is 98.1 cm³/mol. The first-order chi connectivity index (χ1) is 13.0. The summed E-state index contributed by atoms with van der Waals surface area (Å²) in [7, 11) is 0. The van der Waals surface area contributed by atoms with Gasteiger partial charge in [0.1, 0.15) is 12.4 Å². The minimum atomic E-state index is -0.332. The molecule has 0 amide bonds. The third-order valence-electron chi connectivity index (χ3n) is 5.66. The number of hydrogen-bond acceptors (Lipinski definition) is 4. The van der Waals surface area contributed by atoms with Crippen LogP contribution in [-0.4, -0.2) is 15.5 Å². The summed E-state index contributed by atoms with van der Waals surface area (Å²) in [6, 6.07) is 5.34. The molecule has 27 heavy (non-hydrogen) atoms. The Hall–Kier alpha value is -3.02. The number of carbonyl (C=O) groups is 1. The fraction of sp³-hybridized carbons (Fsp3) is 0.286. The molecule has 6 heteroatoms. The molecule has 3 aromatic rings. The molecule has 0 aliphatic carbocycles. The van der Waals surface area contributed by atoms with Gasteiger partial charge in [-0.1, -0.05) is 6.92 Å². The van der Waals surface area contributed by atoms with E-state index in [4.69, 9.17) is 9.72 Å². The van der Waals surface area contributed by atoms with Crippen molar-refractivity contribution in [3.63, 3.8) is 0 Å². The van der Waals surface area contributed by atoms with Crippen molar-refractivity contribution in [3.8, 4) is 11.4 Å². The van der Waals surface area contributed by atoms with Gasteiger partial charge >= 0.3 is 5.97 Å². The summed E-state index contributed by atoms with van der Waals surface area (Å²) in [6.07, 6.45) is 0.802. The van der Waals surface area contributed by atoms with E-state index in [2.05, 4.69) is 0 Å². The number of fused-ring (bicyclic) bond motifs is 5. The molecule has 0 N–H and O–H groups in total. The summed E-state index contributed by atoms with van der Waals surface area (Å²) in [5.74, 6) is -0.600. The highest BCUT2D eigenvalue weighted by Gasteiger charge is 2.28. The van der Waals surface area contributed by atoms with E-state index in [1.54, 1.807) is 11.5 Å². The summed E-state index contributed by atoms with van der Waals surface area (Å²) >= 11 is 0. The number of carbonyl (C=O) groups excluding carboxylic acids is 1. The summed E-state index contributed by atoms with van der Waals surface area (Å²) in [4.78, 5) is 29.2. The second kappa shape index (κ2) is 5.49. The molecule has 2 aliphatic heterocycles. The van der Waals surface area contributed by atoms with Crippen LogP contribution in [0.2, 0.25) is 0 Å². The maximum Gasteiger partial charge on any atom is 0.310 e. The number of ether oxygens (including phenoxy) is 1. The summed E-state index contributed by atoms with van der Waals surface area (Å²) in [5.41, 5.74) is 5.58. The summed E-state index contributed by atoms with van der Waals surface area (Å²) in [5, 5.41) is 0.930. The lowest BCUT2D eigenvalue weighted by molar-refractivity contribution is -0.145. The molecule has 1 aromatic carbocycles. The molecule has 5 rings (SSSR count). The Morgan fingerprint density at radius 1 is 1.22 bits per heavy atom. The number of benzene rings is 1. The molecule has 0 saturated carbocycles.